The molecule has 0 aliphatic heterocycles. The highest BCUT2D eigenvalue weighted by Gasteiger charge is 2.05. The monoisotopic (exact) mass is 205 g/mol. The second-order valence-corrected chi connectivity index (χ2v) is 3.42. The van der Waals surface area contributed by atoms with Crippen molar-refractivity contribution in [1.29, 1.82) is 5.26 Å². The van der Waals surface area contributed by atoms with Crippen LogP contribution in [0.1, 0.15) is 12.5 Å². The lowest BCUT2D eigenvalue weighted by molar-refractivity contribution is 0.190. The van der Waals surface area contributed by atoms with Crippen LogP contribution in [0, 0.1) is 11.3 Å². The minimum absolute atomic E-state index is 0.158. The summed E-state index contributed by atoms with van der Waals surface area (Å²) in [7, 11) is 1.65. The highest BCUT2D eigenvalue weighted by molar-refractivity contribution is 5.63. The largest absolute Gasteiger partial charge is 0.399 e. The zero-order valence-electron chi connectivity index (χ0n) is 8.95. The maximum absolute atomic E-state index is 8.91. The first-order chi connectivity index (χ1) is 7.17. The van der Waals surface area contributed by atoms with E-state index in [2.05, 4.69) is 11.4 Å². The van der Waals surface area contributed by atoms with Gasteiger partial charge in [-0.15, -0.1) is 0 Å². The summed E-state index contributed by atoms with van der Waals surface area (Å²) in [6.07, 6.45) is 0. The maximum Gasteiger partial charge on any atom is 0.101 e. The molecule has 0 saturated carbocycles. The van der Waals surface area contributed by atoms with Crippen molar-refractivity contribution in [2.24, 2.45) is 0 Å². The van der Waals surface area contributed by atoms with Crippen LogP contribution in [0.3, 0.4) is 0 Å². The predicted molar refractivity (Wildman–Crippen MR) is 60.5 cm³/mol. The lowest BCUT2D eigenvalue weighted by Gasteiger charge is -2.15. The molecule has 0 heterocycles. The molecule has 0 amide bonds. The summed E-state index contributed by atoms with van der Waals surface area (Å²) in [6, 6.07) is 7.49. The summed E-state index contributed by atoms with van der Waals surface area (Å²) in [5.41, 5.74) is 7.52. The number of hydrogen-bond acceptors (Lipinski definition) is 4. The van der Waals surface area contributed by atoms with Gasteiger partial charge in [0.15, 0.2) is 0 Å². The maximum atomic E-state index is 8.91. The van der Waals surface area contributed by atoms with E-state index < -0.39 is 0 Å². The van der Waals surface area contributed by atoms with Gasteiger partial charge in [0.25, 0.3) is 0 Å². The Morgan fingerprint density at radius 3 is 2.93 bits per heavy atom. The van der Waals surface area contributed by atoms with Gasteiger partial charge in [-0.3, -0.25) is 0 Å². The lowest BCUT2D eigenvalue weighted by atomic mass is 10.1. The smallest absolute Gasteiger partial charge is 0.101 e. The van der Waals surface area contributed by atoms with Crippen LogP contribution in [0.2, 0.25) is 0 Å². The van der Waals surface area contributed by atoms with E-state index in [1.165, 1.54) is 0 Å². The molecule has 0 radical (unpaired) electrons. The Balaban J connectivity index is 2.81. The molecule has 0 aromatic heterocycles. The van der Waals surface area contributed by atoms with Crippen LogP contribution in [0.25, 0.3) is 0 Å². The molecule has 0 spiro atoms. The summed E-state index contributed by atoms with van der Waals surface area (Å²) in [6.45, 7) is 2.58. The third-order valence-corrected chi connectivity index (χ3v) is 1.98. The van der Waals surface area contributed by atoms with E-state index in [4.69, 9.17) is 15.7 Å². The summed E-state index contributed by atoms with van der Waals surface area (Å²) in [4.78, 5) is 0. The number of nitrogens with two attached hydrogens (primary N) is 1. The molecule has 0 saturated heterocycles. The molecule has 4 heteroatoms. The van der Waals surface area contributed by atoms with Gasteiger partial charge in [-0.25, -0.2) is 0 Å². The fourth-order valence-electron chi connectivity index (χ4n) is 1.34. The van der Waals surface area contributed by atoms with Gasteiger partial charge >= 0.3 is 0 Å². The molecule has 1 atom stereocenters. The average molecular weight is 205 g/mol. The minimum atomic E-state index is 0.158. The molecular weight excluding hydrogens is 190 g/mol. The third-order valence-electron chi connectivity index (χ3n) is 1.98. The Labute approximate surface area is 89.7 Å². The van der Waals surface area contributed by atoms with Gasteiger partial charge < -0.3 is 15.8 Å². The second kappa shape index (κ2) is 5.23. The number of ether oxygens (including phenoxy) is 1. The number of hydrogen-bond donors (Lipinski definition) is 2. The van der Waals surface area contributed by atoms with E-state index in [1.807, 2.05) is 6.92 Å². The molecule has 1 unspecified atom stereocenters. The number of rotatable bonds is 4. The van der Waals surface area contributed by atoms with Gasteiger partial charge in [-0.05, 0) is 25.1 Å². The van der Waals surface area contributed by atoms with Crippen molar-refractivity contribution in [1.82, 2.24) is 0 Å². The Morgan fingerprint density at radius 1 is 1.60 bits per heavy atom. The lowest BCUT2D eigenvalue weighted by Crippen LogP contribution is -2.21. The van der Waals surface area contributed by atoms with Crippen LogP contribution in [-0.2, 0) is 4.74 Å². The molecule has 3 N–H and O–H groups in total. The van der Waals surface area contributed by atoms with E-state index in [-0.39, 0.29) is 6.04 Å². The Morgan fingerprint density at radius 2 is 2.33 bits per heavy atom. The number of anilines is 2. The average Bonchev–Trinajstić information content (AvgIpc) is 2.21. The van der Waals surface area contributed by atoms with E-state index in [0.717, 1.165) is 5.69 Å². The number of nitriles is 1. The van der Waals surface area contributed by atoms with Gasteiger partial charge in [0, 0.05) is 18.8 Å². The zero-order chi connectivity index (χ0) is 11.3. The first-order valence-corrected chi connectivity index (χ1v) is 4.72. The van der Waals surface area contributed by atoms with Gasteiger partial charge in [0.05, 0.1) is 17.9 Å². The molecule has 0 bridgehead atoms. The van der Waals surface area contributed by atoms with Gasteiger partial charge in [-0.1, -0.05) is 0 Å². The van der Waals surface area contributed by atoms with Crippen LogP contribution in [0.15, 0.2) is 18.2 Å². The van der Waals surface area contributed by atoms with Crippen molar-refractivity contribution in [2.75, 3.05) is 24.8 Å². The fourth-order valence-corrected chi connectivity index (χ4v) is 1.34. The molecule has 1 rings (SSSR count). The fraction of sp³-hybridized carbons (Fsp3) is 0.364. The highest BCUT2D eigenvalue weighted by atomic mass is 16.5. The van der Waals surface area contributed by atoms with E-state index in [1.54, 1.807) is 25.3 Å². The molecule has 0 aliphatic carbocycles. The Bertz CT molecular complexity index is 371. The summed E-state index contributed by atoms with van der Waals surface area (Å²) < 4.78 is 5.00. The van der Waals surface area contributed by atoms with Crippen molar-refractivity contribution in [3.8, 4) is 6.07 Å². The summed E-state index contributed by atoms with van der Waals surface area (Å²) >= 11 is 0. The minimum Gasteiger partial charge on any atom is -0.399 e. The first kappa shape index (κ1) is 11.3. The molecule has 0 fully saturated rings. The Kier molecular flexibility index (Phi) is 3.95. The topological polar surface area (TPSA) is 71.1 Å². The number of nitrogens with one attached hydrogen (secondary N) is 1. The summed E-state index contributed by atoms with van der Waals surface area (Å²) in [5, 5.41) is 12.1. The van der Waals surface area contributed by atoms with E-state index in [0.29, 0.717) is 17.9 Å². The van der Waals surface area contributed by atoms with Crippen LogP contribution < -0.4 is 11.1 Å². The molecule has 0 aliphatic rings. The van der Waals surface area contributed by atoms with Gasteiger partial charge in [-0.2, -0.15) is 5.26 Å². The van der Waals surface area contributed by atoms with Crippen molar-refractivity contribution in [2.45, 2.75) is 13.0 Å². The van der Waals surface area contributed by atoms with Crippen LogP contribution >= 0.6 is 0 Å². The molecule has 1 aromatic rings. The number of methoxy groups -OCH3 is 1. The van der Waals surface area contributed by atoms with Crippen molar-refractivity contribution in [3.63, 3.8) is 0 Å². The van der Waals surface area contributed by atoms with Crippen molar-refractivity contribution < 1.29 is 4.74 Å². The van der Waals surface area contributed by atoms with E-state index in [9.17, 15) is 0 Å². The van der Waals surface area contributed by atoms with Gasteiger partial charge in [0.1, 0.15) is 6.07 Å². The quantitative estimate of drug-likeness (QED) is 0.732. The highest BCUT2D eigenvalue weighted by Crippen LogP contribution is 2.18. The van der Waals surface area contributed by atoms with Gasteiger partial charge in [0.2, 0.25) is 0 Å². The Hall–Kier alpha value is -1.73. The molecule has 80 valence electrons. The van der Waals surface area contributed by atoms with Crippen LogP contribution in [0.5, 0.6) is 0 Å². The normalized spacial score (nSPS) is 11.8. The molecule has 4 nitrogen and oxygen atoms in total. The zero-order valence-corrected chi connectivity index (χ0v) is 8.95. The first-order valence-electron chi connectivity index (χ1n) is 4.72. The number of nitrogens with zero attached hydrogens (tertiary/aromatic N) is 1. The molecule has 15 heavy (non-hydrogen) atoms. The SMILES string of the molecule is COCC(C)Nc1ccc(N)cc1C#N. The van der Waals surface area contributed by atoms with Crippen LogP contribution in [-0.4, -0.2) is 19.8 Å². The standard InChI is InChI=1S/C11H15N3O/c1-8(7-15-2)14-11-4-3-10(13)5-9(11)6-12/h3-5,8,14H,7,13H2,1-2H3. The van der Waals surface area contributed by atoms with Crippen LogP contribution in [0.4, 0.5) is 11.4 Å². The molecular formula is C11H15N3O. The number of benzene rings is 1. The summed E-state index contributed by atoms with van der Waals surface area (Å²) in [5.74, 6) is 0. The van der Waals surface area contributed by atoms with Crippen molar-refractivity contribution >= 4 is 11.4 Å². The molecule has 1 aromatic carbocycles. The third kappa shape index (κ3) is 3.15. The van der Waals surface area contributed by atoms with Crippen molar-refractivity contribution in [3.05, 3.63) is 23.8 Å². The van der Waals surface area contributed by atoms with E-state index >= 15 is 0 Å². The predicted octanol–water partition coefficient (Wildman–Crippen LogP) is 1.59. The number of nitrogen functional groups attached to an aromatic ring is 1. The second-order valence-electron chi connectivity index (χ2n) is 3.42.